The number of anilines is 2. The molecule has 0 aliphatic heterocycles. The van der Waals surface area contributed by atoms with Gasteiger partial charge in [-0.3, -0.25) is 4.79 Å². The van der Waals surface area contributed by atoms with Gasteiger partial charge < -0.3 is 11.1 Å². The van der Waals surface area contributed by atoms with Crippen molar-refractivity contribution in [3.8, 4) is 0 Å². The second kappa shape index (κ2) is 4.52. The molecule has 0 heterocycles. The highest BCUT2D eigenvalue weighted by Gasteiger charge is 2.23. The number of carbonyl (C=O) groups is 1. The lowest BCUT2D eigenvalue weighted by Crippen LogP contribution is -2.31. The molecule has 6 heteroatoms. The summed E-state index contributed by atoms with van der Waals surface area (Å²) in [5.41, 5.74) is 6.58. The molecule has 0 radical (unpaired) electrons. The summed E-state index contributed by atoms with van der Waals surface area (Å²) in [6.45, 7) is 1.35. The van der Waals surface area contributed by atoms with Gasteiger partial charge in [-0.25, -0.2) is 8.42 Å². The number of nitrogen functional groups attached to an aromatic ring is 1. The highest BCUT2D eigenvalue weighted by molar-refractivity contribution is 7.92. The highest BCUT2D eigenvalue weighted by Crippen LogP contribution is 2.11. The lowest BCUT2D eigenvalue weighted by atomic mass is 10.3. The molecule has 3 N–H and O–H groups in total. The van der Waals surface area contributed by atoms with Gasteiger partial charge in [-0.05, 0) is 31.2 Å². The van der Waals surface area contributed by atoms with Crippen LogP contribution in [0.2, 0.25) is 0 Å². The number of nitrogens with two attached hydrogens (primary N) is 1. The van der Waals surface area contributed by atoms with Crippen LogP contribution in [0.5, 0.6) is 0 Å². The van der Waals surface area contributed by atoms with Gasteiger partial charge in [0.15, 0.2) is 9.84 Å². The third kappa shape index (κ3) is 3.23. The van der Waals surface area contributed by atoms with Crippen molar-refractivity contribution in [1.82, 2.24) is 0 Å². The Morgan fingerprint density at radius 1 is 1.31 bits per heavy atom. The second-order valence-electron chi connectivity index (χ2n) is 3.58. The molecule has 1 amide bonds. The van der Waals surface area contributed by atoms with Crippen LogP contribution >= 0.6 is 0 Å². The van der Waals surface area contributed by atoms with Crippen LogP contribution in [0.1, 0.15) is 6.92 Å². The van der Waals surface area contributed by atoms with E-state index in [0.717, 1.165) is 6.26 Å². The van der Waals surface area contributed by atoms with Crippen LogP contribution < -0.4 is 11.1 Å². The highest BCUT2D eigenvalue weighted by atomic mass is 32.2. The number of hydrogen-bond acceptors (Lipinski definition) is 4. The number of amides is 1. The topological polar surface area (TPSA) is 89.3 Å². The predicted octanol–water partition coefficient (Wildman–Crippen LogP) is 0.640. The first-order valence-corrected chi connectivity index (χ1v) is 6.61. The molecular weight excluding hydrogens is 228 g/mol. The second-order valence-corrected chi connectivity index (χ2v) is 5.95. The van der Waals surface area contributed by atoms with Gasteiger partial charge in [0.2, 0.25) is 5.91 Å². The minimum absolute atomic E-state index is 0.523. The van der Waals surface area contributed by atoms with E-state index < -0.39 is 21.0 Å². The van der Waals surface area contributed by atoms with Crippen LogP contribution in [-0.2, 0) is 14.6 Å². The van der Waals surface area contributed by atoms with Gasteiger partial charge in [0.1, 0.15) is 5.25 Å². The zero-order chi connectivity index (χ0) is 12.3. The molecule has 16 heavy (non-hydrogen) atoms. The van der Waals surface area contributed by atoms with Crippen molar-refractivity contribution in [3.05, 3.63) is 24.3 Å². The van der Waals surface area contributed by atoms with E-state index in [9.17, 15) is 13.2 Å². The average Bonchev–Trinajstić information content (AvgIpc) is 2.19. The molecule has 0 aliphatic rings. The maximum atomic E-state index is 11.5. The first-order chi connectivity index (χ1) is 7.30. The summed E-state index contributed by atoms with van der Waals surface area (Å²) < 4.78 is 22.3. The number of benzene rings is 1. The molecule has 1 aromatic rings. The van der Waals surface area contributed by atoms with E-state index in [4.69, 9.17) is 5.73 Å². The van der Waals surface area contributed by atoms with E-state index in [0.29, 0.717) is 11.4 Å². The summed E-state index contributed by atoms with van der Waals surface area (Å²) in [4.78, 5) is 11.5. The van der Waals surface area contributed by atoms with Crippen LogP contribution in [0.3, 0.4) is 0 Å². The largest absolute Gasteiger partial charge is 0.399 e. The molecule has 1 rings (SSSR count). The lowest BCUT2D eigenvalue weighted by Gasteiger charge is -2.10. The fourth-order valence-electron chi connectivity index (χ4n) is 1.00. The molecule has 0 saturated carbocycles. The Balaban J connectivity index is 2.76. The van der Waals surface area contributed by atoms with Crippen molar-refractivity contribution in [3.63, 3.8) is 0 Å². The van der Waals surface area contributed by atoms with Crippen molar-refractivity contribution >= 4 is 27.1 Å². The summed E-state index contributed by atoms with van der Waals surface area (Å²) >= 11 is 0. The lowest BCUT2D eigenvalue weighted by molar-refractivity contribution is -0.115. The van der Waals surface area contributed by atoms with Gasteiger partial charge in [-0.15, -0.1) is 0 Å². The Labute approximate surface area is 94.6 Å². The number of rotatable bonds is 3. The van der Waals surface area contributed by atoms with Gasteiger partial charge in [0.25, 0.3) is 0 Å². The van der Waals surface area contributed by atoms with E-state index in [1.54, 1.807) is 24.3 Å². The van der Waals surface area contributed by atoms with Gasteiger partial charge in [-0.2, -0.15) is 0 Å². The van der Waals surface area contributed by atoms with Gasteiger partial charge in [0, 0.05) is 17.6 Å². The van der Waals surface area contributed by atoms with Gasteiger partial charge in [0.05, 0.1) is 0 Å². The summed E-state index contributed by atoms with van der Waals surface area (Å²) in [6.07, 6.45) is 1.03. The molecule has 0 aromatic heterocycles. The minimum atomic E-state index is -3.37. The van der Waals surface area contributed by atoms with E-state index in [1.807, 2.05) is 0 Å². The average molecular weight is 242 g/mol. The third-order valence-corrected chi connectivity index (χ3v) is 3.69. The Kier molecular flexibility index (Phi) is 3.54. The Morgan fingerprint density at radius 3 is 2.25 bits per heavy atom. The summed E-state index contributed by atoms with van der Waals surface area (Å²) in [6, 6.07) is 6.48. The Morgan fingerprint density at radius 2 is 1.81 bits per heavy atom. The number of nitrogens with one attached hydrogen (secondary N) is 1. The molecule has 0 saturated heterocycles. The predicted molar refractivity (Wildman–Crippen MR) is 63.8 cm³/mol. The fourth-order valence-corrected chi connectivity index (χ4v) is 1.45. The van der Waals surface area contributed by atoms with Crippen molar-refractivity contribution in [2.75, 3.05) is 17.3 Å². The number of hydrogen-bond donors (Lipinski definition) is 2. The first kappa shape index (κ1) is 12.5. The Bertz CT molecular complexity index is 479. The molecular formula is C10H14N2O3S. The molecule has 1 unspecified atom stereocenters. The van der Waals surface area contributed by atoms with Gasteiger partial charge in [-0.1, -0.05) is 0 Å². The van der Waals surface area contributed by atoms with Crippen molar-refractivity contribution in [2.24, 2.45) is 0 Å². The third-order valence-electron chi connectivity index (χ3n) is 2.19. The van der Waals surface area contributed by atoms with E-state index in [1.165, 1.54) is 6.92 Å². The summed E-state index contributed by atoms with van der Waals surface area (Å²) in [7, 11) is -3.37. The van der Waals surface area contributed by atoms with Gasteiger partial charge >= 0.3 is 0 Å². The molecule has 1 atom stereocenters. The molecule has 1 aromatic carbocycles. The molecule has 88 valence electrons. The first-order valence-electron chi connectivity index (χ1n) is 4.66. The van der Waals surface area contributed by atoms with Crippen molar-refractivity contribution in [1.29, 1.82) is 0 Å². The van der Waals surface area contributed by atoms with Crippen LogP contribution in [0.15, 0.2) is 24.3 Å². The summed E-state index contributed by atoms with van der Waals surface area (Å²) in [5.74, 6) is -0.549. The standard InChI is InChI=1S/C10H14N2O3S/c1-7(16(2,14)15)10(13)12-9-5-3-8(11)4-6-9/h3-7H,11H2,1-2H3,(H,12,13). The number of carbonyl (C=O) groups excluding carboxylic acids is 1. The zero-order valence-electron chi connectivity index (χ0n) is 9.10. The quantitative estimate of drug-likeness (QED) is 0.761. The van der Waals surface area contributed by atoms with E-state index >= 15 is 0 Å². The van der Waals surface area contributed by atoms with Crippen LogP contribution in [0.4, 0.5) is 11.4 Å². The van der Waals surface area contributed by atoms with E-state index in [2.05, 4.69) is 5.32 Å². The normalized spacial score (nSPS) is 13.1. The molecule has 0 aliphatic carbocycles. The molecule has 0 bridgehead atoms. The monoisotopic (exact) mass is 242 g/mol. The van der Waals surface area contributed by atoms with Crippen LogP contribution in [-0.4, -0.2) is 25.8 Å². The number of sulfone groups is 1. The molecule has 0 fully saturated rings. The van der Waals surface area contributed by atoms with Crippen molar-refractivity contribution in [2.45, 2.75) is 12.2 Å². The minimum Gasteiger partial charge on any atom is -0.399 e. The maximum Gasteiger partial charge on any atom is 0.242 e. The SMILES string of the molecule is CC(C(=O)Nc1ccc(N)cc1)S(C)(=O)=O. The fraction of sp³-hybridized carbons (Fsp3) is 0.300. The smallest absolute Gasteiger partial charge is 0.242 e. The molecule has 0 spiro atoms. The summed E-state index contributed by atoms with van der Waals surface area (Å²) in [5, 5.41) is 1.44. The van der Waals surface area contributed by atoms with Crippen molar-refractivity contribution < 1.29 is 13.2 Å². The van der Waals surface area contributed by atoms with Crippen LogP contribution in [0, 0.1) is 0 Å². The van der Waals surface area contributed by atoms with E-state index in [-0.39, 0.29) is 0 Å². The zero-order valence-corrected chi connectivity index (χ0v) is 9.91. The Hall–Kier alpha value is -1.56. The maximum absolute atomic E-state index is 11.5. The molecule has 5 nitrogen and oxygen atoms in total. The van der Waals surface area contributed by atoms with Crippen LogP contribution in [0.25, 0.3) is 0 Å².